The SMILES string of the molecule is CCCCCCOc1ccc(CN2C(=O)C3(OCCO3)c3cc(Cl)ccc32)cc1. The first-order valence-electron chi connectivity index (χ1n) is 10.3. The first-order chi connectivity index (χ1) is 14.1. The fraction of sp³-hybridized carbons (Fsp3) is 0.435. The smallest absolute Gasteiger partial charge is 0.292 e. The Labute approximate surface area is 176 Å². The largest absolute Gasteiger partial charge is 0.494 e. The van der Waals surface area contributed by atoms with Crippen molar-refractivity contribution in [3.05, 3.63) is 58.6 Å². The summed E-state index contributed by atoms with van der Waals surface area (Å²) in [5.41, 5.74) is 2.46. The summed E-state index contributed by atoms with van der Waals surface area (Å²) < 4.78 is 17.3. The highest BCUT2D eigenvalue weighted by Gasteiger charge is 2.56. The van der Waals surface area contributed by atoms with E-state index in [9.17, 15) is 4.79 Å². The van der Waals surface area contributed by atoms with Crippen LogP contribution in [-0.2, 0) is 26.6 Å². The molecule has 2 aromatic rings. The number of ether oxygens (including phenoxy) is 3. The molecule has 5 nitrogen and oxygen atoms in total. The first kappa shape index (κ1) is 20.2. The quantitative estimate of drug-likeness (QED) is 0.566. The monoisotopic (exact) mass is 415 g/mol. The molecule has 4 rings (SSSR count). The van der Waals surface area contributed by atoms with Crippen LogP contribution in [0.5, 0.6) is 5.75 Å². The summed E-state index contributed by atoms with van der Waals surface area (Å²) >= 11 is 6.17. The van der Waals surface area contributed by atoms with Crippen LogP contribution >= 0.6 is 11.6 Å². The van der Waals surface area contributed by atoms with Gasteiger partial charge >= 0.3 is 0 Å². The molecule has 154 valence electrons. The Bertz CT molecular complexity index is 862. The number of amides is 1. The first-order valence-corrected chi connectivity index (χ1v) is 10.6. The second kappa shape index (κ2) is 8.74. The van der Waals surface area contributed by atoms with E-state index < -0.39 is 5.79 Å². The molecule has 1 fully saturated rings. The van der Waals surface area contributed by atoms with Crippen molar-refractivity contribution in [3.8, 4) is 5.75 Å². The Kier molecular flexibility index (Phi) is 6.09. The molecule has 0 aromatic heterocycles. The van der Waals surface area contributed by atoms with Crippen molar-refractivity contribution >= 4 is 23.2 Å². The molecule has 0 saturated carbocycles. The van der Waals surface area contributed by atoms with E-state index >= 15 is 0 Å². The maximum atomic E-state index is 13.2. The van der Waals surface area contributed by atoms with Crippen molar-refractivity contribution in [3.63, 3.8) is 0 Å². The molecule has 6 heteroatoms. The van der Waals surface area contributed by atoms with E-state index in [4.69, 9.17) is 25.8 Å². The highest BCUT2D eigenvalue weighted by Crippen LogP contribution is 2.47. The molecule has 0 N–H and O–H groups in total. The van der Waals surface area contributed by atoms with Crippen molar-refractivity contribution in [2.45, 2.75) is 44.9 Å². The van der Waals surface area contributed by atoms with Gasteiger partial charge in [-0.2, -0.15) is 0 Å². The zero-order chi connectivity index (χ0) is 20.3. The number of rotatable bonds is 8. The van der Waals surface area contributed by atoms with Crippen LogP contribution in [0.25, 0.3) is 0 Å². The summed E-state index contributed by atoms with van der Waals surface area (Å²) in [6.07, 6.45) is 4.73. The summed E-state index contributed by atoms with van der Waals surface area (Å²) in [5.74, 6) is -0.713. The lowest BCUT2D eigenvalue weighted by Crippen LogP contribution is -2.40. The van der Waals surface area contributed by atoms with E-state index in [2.05, 4.69) is 6.92 Å². The average molecular weight is 416 g/mol. The summed E-state index contributed by atoms with van der Waals surface area (Å²) in [4.78, 5) is 14.9. The predicted molar refractivity (Wildman–Crippen MR) is 112 cm³/mol. The van der Waals surface area contributed by atoms with Crippen LogP contribution in [0.2, 0.25) is 5.02 Å². The maximum absolute atomic E-state index is 13.2. The average Bonchev–Trinajstić information content (AvgIpc) is 3.30. The molecule has 2 heterocycles. The number of nitrogens with zero attached hydrogens (tertiary/aromatic N) is 1. The number of benzene rings is 2. The van der Waals surface area contributed by atoms with Crippen LogP contribution in [0, 0.1) is 0 Å². The number of hydrogen-bond donors (Lipinski definition) is 0. The normalized spacial score (nSPS) is 17.2. The minimum Gasteiger partial charge on any atom is -0.494 e. The zero-order valence-corrected chi connectivity index (χ0v) is 17.4. The molecule has 0 atom stereocenters. The zero-order valence-electron chi connectivity index (χ0n) is 16.7. The van der Waals surface area contributed by atoms with Gasteiger partial charge in [0.25, 0.3) is 11.7 Å². The van der Waals surface area contributed by atoms with Crippen LogP contribution < -0.4 is 9.64 Å². The molecule has 0 bridgehead atoms. The number of halogens is 1. The van der Waals surface area contributed by atoms with Crippen LogP contribution in [0.1, 0.15) is 43.7 Å². The van der Waals surface area contributed by atoms with Gasteiger partial charge in [0.05, 0.1) is 32.1 Å². The molecule has 0 aliphatic carbocycles. The maximum Gasteiger partial charge on any atom is 0.292 e. The Balaban J connectivity index is 1.46. The van der Waals surface area contributed by atoms with Gasteiger partial charge in [0.2, 0.25) is 0 Å². The second-order valence-corrected chi connectivity index (χ2v) is 7.86. The van der Waals surface area contributed by atoms with Gasteiger partial charge < -0.3 is 19.1 Å². The van der Waals surface area contributed by atoms with Crippen LogP contribution in [0.15, 0.2) is 42.5 Å². The molecule has 1 spiro atoms. The van der Waals surface area contributed by atoms with E-state index in [0.29, 0.717) is 30.3 Å². The lowest BCUT2D eigenvalue weighted by Gasteiger charge is -2.22. The highest BCUT2D eigenvalue weighted by atomic mass is 35.5. The summed E-state index contributed by atoms with van der Waals surface area (Å²) in [5, 5.41) is 0.553. The predicted octanol–water partition coefficient (Wildman–Crippen LogP) is 5.05. The van der Waals surface area contributed by atoms with E-state index in [1.54, 1.807) is 17.0 Å². The van der Waals surface area contributed by atoms with Gasteiger partial charge in [0.1, 0.15) is 5.75 Å². The topological polar surface area (TPSA) is 48.0 Å². The third kappa shape index (κ3) is 4.00. The third-order valence-electron chi connectivity index (χ3n) is 5.36. The summed E-state index contributed by atoms with van der Waals surface area (Å²) in [6, 6.07) is 13.3. The van der Waals surface area contributed by atoms with E-state index in [0.717, 1.165) is 30.0 Å². The van der Waals surface area contributed by atoms with Crippen LogP contribution in [0.4, 0.5) is 5.69 Å². The van der Waals surface area contributed by atoms with E-state index in [1.165, 1.54) is 19.3 Å². The molecule has 0 radical (unpaired) electrons. The Morgan fingerprint density at radius 1 is 1.07 bits per heavy atom. The van der Waals surface area contributed by atoms with Gasteiger partial charge in [-0.3, -0.25) is 4.79 Å². The minimum absolute atomic E-state index is 0.205. The lowest BCUT2D eigenvalue weighted by molar-refractivity contribution is -0.180. The van der Waals surface area contributed by atoms with Crippen LogP contribution in [0.3, 0.4) is 0 Å². The molecule has 2 aromatic carbocycles. The molecule has 0 unspecified atom stereocenters. The number of fused-ring (bicyclic) bond motifs is 2. The number of unbranched alkanes of at least 4 members (excludes halogenated alkanes) is 3. The van der Waals surface area contributed by atoms with Crippen molar-refractivity contribution in [1.82, 2.24) is 0 Å². The van der Waals surface area contributed by atoms with Gasteiger partial charge in [-0.15, -0.1) is 0 Å². The van der Waals surface area contributed by atoms with Crippen molar-refractivity contribution < 1.29 is 19.0 Å². The molecule has 1 saturated heterocycles. The van der Waals surface area contributed by atoms with Crippen molar-refractivity contribution in [1.29, 1.82) is 0 Å². The number of anilines is 1. The fourth-order valence-corrected chi connectivity index (χ4v) is 4.02. The van der Waals surface area contributed by atoms with Gasteiger partial charge in [-0.25, -0.2) is 0 Å². The van der Waals surface area contributed by atoms with Crippen molar-refractivity contribution in [2.24, 2.45) is 0 Å². The fourth-order valence-electron chi connectivity index (χ4n) is 3.85. The molecule has 29 heavy (non-hydrogen) atoms. The molecular weight excluding hydrogens is 390 g/mol. The van der Waals surface area contributed by atoms with Gasteiger partial charge in [-0.05, 0) is 42.3 Å². The minimum atomic E-state index is -1.36. The number of carbonyl (C=O) groups excluding carboxylic acids is 1. The second-order valence-electron chi connectivity index (χ2n) is 7.42. The van der Waals surface area contributed by atoms with Gasteiger partial charge in [0, 0.05) is 10.6 Å². The third-order valence-corrected chi connectivity index (χ3v) is 5.59. The van der Waals surface area contributed by atoms with E-state index in [-0.39, 0.29) is 5.91 Å². The molecular formula is C23H26ClNO4. The van der Waals surface area contributed by atoms with Crippen LogP contribution in [-0.4, -0.2) is 25.7 Å². The Hall–Kier alpha value is -2.08. The molecule has 2 aliphatic rings. The molecule has 1 amide bonds. The Morgan fingerprint density at radius 3 is 2.55 bits per heavy atom. The van der Waals surface area contributed by atoms with E-state index in [1.807, 2.05) is 30.3 Å². The lowest BCUT2D eigenvalue weighted by atomic mass is 10.1. The summed E-state index contributed by atoms with van der Waals surface area (Å²) in [6.45, 7) is 4.13. The van der Waals surface area contributed by atoms with Crippen molar-refractivity contribution in [2.75, 3.05) is 24.7 Å². The Morgan fingerprint density at radius 2 is 1.83 bits per heavy atom. The summed E-state index contributed by atoms with van der Waals surface area (Å²) in [7, 11) is 0. The van der Waals surface area contributed by atoms with Gasteiger partial charge in [-0.1, -0.05) is 49.9 Å². The standard InChI is InChI=1S/C23H26ClNO4/c1-2-3-4-5-12-27-19-9-6-17(7-10-19)16-25-21-11-8-18(24)15-20(21)23(22(25)26)28-13-14-29-23/h6-11,15H,2-5,12-14,16H2,1H3. The highest BCUT2D eigenvalue weighted by molar-refractivity contribution is 6.31. The number of hydrogen-bond acceptors (Lipinski definition) is 4. The molecule has 2 aliphatic heterocycles. The number of carbonyl (C=O) groups is 1. The van der Waals surface area contributed by atoms with Gasteiger partial charge in [0.15, 0.2) is 0 Å².